The van der Waals surface area contributed by atoms with Crippen LogP contribution in [0, 0.1) is 5.82 Å². The molecule has 27 heavy (non-hydrogen) atoms. The fraction of sp³-hybridized carbons (Fsp3) is 0.250. The Bertz CT molecular complexity index is 877. The van der Waals surface area contributed by atoms with E-state index in [0.717, 1.165) is 11.4 Å². The van der Waals surface area contributed by atoms with E-state index < -0.39 is 0 Å². The molecule has 0 aromatic heterocycles. The lowest BCUT2D eigenvalue weighted by molar-refractivity contribution is -0.110. The maximum Gasteiger partial charge on any atom is 0.257 e. The van der Waals surface area contributed by atoms with Crippen LogP contribution in [0.15, 0.2) is 48.7 Å². The van der Waals surface area contributed by atoms with Gasteiger partial charge in [0.05, 0.1) is 25.3 Å². The number of likely N-dealkylation sites (N-methyl/N-ethyl adjacent to an activating group) is 1. The van der Waals surface area contributed by atoms with Gasteiger partial charge >= 0.3 is 0 Å². The van der Waals surface area contributed by atoms with E-state index in [-0.39, 0.29) is 18.0 Å². The van der Waals surface area contributed by atoms with Crippen molar-refractivity contribution in [2.24, 2.45) is 0 Å². The minimum absolute atomic E-state index is 0.195. The van der Waals surface area contributed by atoms with E-state index in [1.54, 1.807) is 12.3 Å². The molecule has 0 atom stereocenters. The fourth-order valence-corrected chi connectivity index (χ4v) is 3.11. The molecule has 1 fully saturated rings. The molecule has 1 saturated heterocycles. The highest BCUT2D eigenvalue weighted by molar-refractivity contribution is 6.31. The van der Waals surface area contributed by atoms with Crippen LogP contribution in [0.4, 0.5) is 21.5 Å². The van der Waals surface area contributed by atoms with E-state index in [4.69, 9.17) is 9.47 Å². The van der Waals surface area contributed by atoms with Crippen LogP contribution in [0.2, 0.25) is 0 Å². The number of fused-ring (bicyclic) bond motifs is 1. The Morgan fingerprint density at radius 3 is 2.70 bits per heavy atom. The zero-order valence-corrected chi connectivity index (χ0v) is 14.9. The summed E-state index contributed by atoms with van der Waals surface area (Å²) in [6, 6.07) is 12.0. The Hall–Kier alpha value is -2.90. The largest absolute Gasteiger partial charge is 0.369 e. The normalized spacial score (nSPS) is 17.9. The first-order chi connectivity index (χ1) is 13.1. The molecule has 7 heteroatoms. The third-order valence-electron chi connectivity index (χ3n) is 4.57. The van der Waals surface area contributed by atoms with Crippen LogP contribution in [0.25, 0.3) is 5.57 Å². The summed E-state index contributed by atoms with van der Waals surface area (Å²) in [6.45, 7) is 1.92. The zero-order valence-electron chi connectivity index (χ0n) is 14.9. The lowest BCUT2D eigenvalue weighted by Gasteiger charge is -2.22. The van der Waals surface area contributed by atoms with Gasteiger partial charge in [-0.3, -0.25) is 4.79 Å². The van der Waals surface area contributed by atoms with Gasteiger partial charge in [0.1, 0.15) is 5.82 Å². The zero-order chi connectivity index (χ0) is 18.8. The summed E-state index contributed by atoms with van der Waals surface area (Å²) in [6.07, 6.45) is 1.40. The van der Waals surface area contributed by atoms with Crippen molar-refractivity contribution in [1.82, 2.24) is 0 Å². The average Bonchev–Trinajstić information content (AvgIpc) is 3.27. The first-order valence-corrected chi connectivity index (χ1v) is 8.72. The molecule has 0 bridgehead atoms. The molecule has 2 heterocycles. The van der Waals surface area contributed by atoms with Crippen LogP contribution in [0.5, 0.6) is 0 Å². The van der Waals surface area contributed by atoms with Gasteiger partial charge in [-0.25, -0.2) is 4.39 Å². The van der Waals surface area contributed by atoms with Crippen LogP contribution < -0.4 is 15.5 Å². The van der Waals surface area contributed by atoms with E-state index >= 15 is 0 Å². The van der Waals surface area contributed by atoms with E-state index in [9.17, 15) is 9.18 Å². The Morgan fingerprint density at radius 1 is 1.22 bits per heavy atom. The molecule has 4 rings (SSSR count). The number of benzene rings is 2. The lowest BCUT2D eigenvalue weighted by atomic mass is 10.1. The summed E-state index contributed by atoms with van der Waals surface area (Å²) in [7, 11) is 1.98. The molecular formula is C20H20FN3O3. The number of anilines is 3. The molecular weight excluding hydrogens is 349 g/mol. The van der Waals surface area contributed by atoms with E-state index in [1.807, 2.05) is 31.3 Å². The van der Waals surface area contributed by atoms with Gasteiger partial charge in [0.15, 0.2) is 6.29 Å². The predicted octanol–water partition coefficient (Wildman–Crippen LogP) is 3.04. The van der Waals surface area contributed by atoms with Crippen molar-refractivity contribution in [3.63, 3.8) is 0 Å². The minimum Gasteiger partial charge on any atom is -0.369 e. The number of hydrogen-bond donors (Lipinski definition) is 2. The maximum atomic E-state index is 13.5. The molecule has 0 aliphatic carbocycles. The van der Waals surface area contributed by atoms with Crippen LogP contribution in [-0.2, 0) is 14.3 Å². The highest BCUT2D eigenvalue weighted by Gasteiger charge is 2.24. The number of carbonyl (C=O) groups excluding carboxylic acids is 1. The van der Waals surface area contributed by atoms with Crippen molar-refractivity contribution in [2.45, 2.75) is 6.29 Å². The topological polar surface area (TPSA) is 62.8 Å². The van der Waals surface area contributed by atoms with Gasteiger partial charge in [-0.2, -0.15) is 0 Å². The molecule has 140 valence electrons. The summed E-state index contributed by atoms with van der Waals surface area (Å²) < 4.78 is 24.4. The molecule has 2 aromatic rings. The number of amides is 1. The second-order valence-corrected chi connectivity index (χ2v) is 6.44. The predicted molar refractivity (Wildman–Crippen MR) is 102 cm³/mol. The second-order valence-electron chi connectivity index (χ2n) is 6.44. The third-order valence-corrected chi connectivity index (χ3v) is 4.57. The van der Waals surface area contributed by atoms with Crippen LogP contribution in [0.3, 0.4) is 0 Å². The van der Waals surface area contributed by atoms with Gasteiger partial charge in [0, 0.05) is 35.9 Å². The van der Waals surface area contributed by atoms with Crippen LogP contribution in [0.1, 0.15) is 5.56 Å². The van der Waals surface area contributed by atoms with Gasteiger partial charge in [0.25, 0.3) is 5.91 Å². The van der Waals surface area contributed by atoms with E-state index in [0.29, 0.717) is 36.6 Å². The van der Waals surface area contributed by atoms with Gasteiger partial charge in [-0.15, -0.1) is 0 Å². The Labute approximate surface area is 156 Å². The summed E-state index contributed by atoms with van der Waals surface area (Å²) in [5.41, 5.74) is 3.42. The summed E-state index contributed by atoms with van der Waals surface area (Å²) in [4.78, 5) is 14.2. The molecule has 6 nitrogen and oxygen atoms in total. The standard InChI is InChI=1S/C20H20FN3O3/c1-24(12-19-26-8-9-27-19)15-5-3-14(4-6-15)22-11-17-16-10-13(21)2-7-18(16)23-20(17)25/h2-7,10-11,19,22H,8-9,12H2,1H3,(H,23,25)/b17-11+. The molecule has 1 amide bonds. The van der Waals surface area contributed by atoms with Crippen molar-refractivity contribution in [1.29, 1.82) is 0 Å². The Morgan fingerprint density at radius 2 is 1.96 bits per heavy atom. The van der Waals surface area contributed by atoms with Gasteiger partial charge in [-0.1, -0.05) is 0 Å². The fourth-order valence-electron chi connectivity index (χ4n) is 3.11. The molecule has 0 radical (unpaired) electrons. The second kappa shape index (κ2) is 7.38. The van der Waals surface area contributed by atoms with Gasteiger partial charge in [-0.05, 0) is 42.5 Å². The van der Waals surface area contributed by atoms with Crippen molar-refractivity contribution >= 4 is 28.5 Å². The van der Waals surface area contributed by atoms with Crippen molar-refractivity contribution in [2.75, 3.05) is 42.3 Å². The maximum absolute atomic E-state index is 13.5. The van der Waals surface area contributed by atoms with Crippen LogP contribution >= 0.6 is 0 Å². The Kier molecular flexibility index (Phi) is 4.79. The molecule has 0 saturated carbocycles. The van der Waals surface area contributed by atoms with Crippen LogP contribution in [-0.4, -0.2) is 39.0 Å². The number of hydrogen-bond acceptors (Lipinski definition) is 5. The van der Waals surface area contributed by atoms with Gasteiger partial charge < -0.3 is 25.0 Å². The monoisotopic (exact) mass is 369 g/mol. The molecule has 2 N–H and O–H groups in total. The number of nitrogens with one attached hydrogen (secondary N) is 2. The van der Waals surface area contributed by atoms with E-state index in [2.05, 4.69) is 15.5 Å². The molecule has 2 aliphatic rings. The molecule has 2 aromatic carbocycles. The minimum atomic E-state index is -0.376. The number of nitrogens with zero attached hydrogens (tertiary/aromatic N) is 1. The first-order valence-electron chi connectivity index (χ1n) is 8.72. The quantitative estimate of drug-likeness (QED) is 0.794. The highest BCUT2D eigenvalue weighted by Crippen LogP contribution is 2.32. The smallest absolute Gasteiger partial charge is 0.257 e. The third kappa shape index (κ3) is 3.79. The highest BCUT2D eigenvalue weighted by atomic mass is 19.1. The summed E-state index contributed by atoms with van der Waals surface area (Å²) in [5, 5.41) is 5.83. The first kappa shape index (κ1) is 17.5. The van der Waals surface area contributed by atoms with E-state index in [1.165, 1.54) is 12.1 Å². The molecule has 2 aliphatic heterocycles. The number of carbonyl (C=O) groups is 1. The number of ether oxygens (including phenoxy) is 2. The number of halogens is 1. The molecule has 0 spiro atoms. The lowest BCUT2D eigenvalue weighted by Crippen LogP contribution is -2.29. The number of rotatable bonds is 5. The van der Waals surface area contributed by atoms with Crippen molar-refractivity contribution in [3.05, 3.63) is 60.0 Å². The average molecular weight is 369 g/mol. The van der Waals surface area contributed by atoms with Crippen molar-refractivity contribution < 1.29 is 18.7 Å². The Balaban J connectivity index is 1.44. The van der Waals surface area contributed by atoms with Gasteiger partial charge in [0.2, 0.25) is 0 Å². The summed E-state index contributed by atoms with van der Waals surface area (Å²) in [5.74, 6) is -0.630. The SMILES string of the molecule is CN(CC1OCCO1)c1ccc(N/C=C2/C(=O)Nc3ccc(F)cc32)cc1. The van der Waals surface area contributed by atoms with Crippen molar-refractivity contribution in [3.8, 4) is 0 Å². The molecule has 0 unspecified atom stereocenters. The summed E-state index contributed by atoms with van der Waals surface area (Å²) >= 11 is 0.